The second-order valence-electron chi connectivity index (χ2n) is 2.66. The van der Waals surface area contributed by atoms with Crippen molar-refractivity contribution in [3.63, 3.8) is 0 Å². The van der Waals surface area contributed by atoms with E-state index in [1.807, 2.05) is 0 Å². The molecule has 0 saturated heterocycles. The maximum Gasteiger partial charge on any atom is 0.250 e. The fourth-order valence-electron chi connectivity index (χ4n) is 0.777. The third-order valence-corrected chi connectivity index (χ3v) is 1.40. The fourth-order valence-corrected chi connectivity index (χ4v) is 0.777. The van der Waals surface area contributed by atoms with Crippen LogP contribution in [0.1, 0.15) is 5.69 Å². The number of hydrogen-bond donors (Lipinski definition) is 2. The zero-order chi connectivity index (χ0) is 11.1. The average Bonchev–Trinajstić information content (AvgIpc) is 2.19. The quantitative estimate of drug-likeness (QED) is 0.637. The first-order chi connectivity index (χ1) is 7.18. The number of aromatic amines is 1. The highest BCUT2D eigenvalue weighted by atomic mass is 16.1. The van der Waals surface area contributed by atoms with Crippen LogP contribution in [-0.2, 0) is 0 Å². The van der Waals surface area contributed by atoms with E-state index in [1.165, 1.54) is 12.4 Å². The van der Waals surface area contributed by atoms with Gasteiger partial charge in [-0.05, 0) is 13.0 Å². The molecule has 0 spiro atoms. The van der Waals surface area contributed by atoms with E-state index in [2.05, 4.69) is 19.9 Å². The standard InChI is InChI=1S/C5H6N2O.C4H5N3/c1-4-2-5(8)7-3-6-4;5-4-6-2-1-3-7-4/h2-3H,1H3,(H,6,7,8);1-3H,(H2,5,6,7). The molecule has 0 bridgehead atoms. The Labute approximate surface area is 86.2 Å². The van der Waals surface area contributed by atoms with Crippen LogP contribution in [0.2, 0.25) is 0 Å². The number of anilines is 1. The predicted molar refractivity (Wildman–Crippen MR) is 56.0 cm³/mol. The third-order valence-electron chi connectivity index (χ3n) is 1.40. The molecule has 6 nitrogen and oxygen atoms in total. The Morgan fingerprint density at radius 1 is 1.27 bits per heavy atom. The van der Waals surface area contributed by atoms with Crippen molar-refractivity contribution in [2.45, 2.75) is 6.92 Å². The third kappa shape index (κ3) is 4.51. The molecular formula is C9H11N5O. The van der Waals surface area contributed by atoms with Crippen LogP contribution >= 0.6 is 0 Å². The van der Waals surface area contributed by atoms with Crippen molar-refractivity contribution in [1.29, 1.82) is 0 Å². The zero-order valence-electron chi connectivity index (χ0n) is 8.21. The fraction of sp³-hybridized carbons (Fsp3) is 0.111. The van der Waals surface area contributed by atoms with E-state index < -0.39 is 0 Å². The topological polar surface area (TPSA) is 97.5 Å². The summed E-state index contributed by atoms with van der Waals surface area (Å²) in [5.41, 5.74) is 5.78. The Morgan fingerprint density at radius 2 is 1.93 bits per heavy atom. The molecule has 0 saturated carbocycles. The summed E-state index contributed by atoms with van der Waals surface area (Å²) in [6.07, 6.45) is 4.59. The Balaban J connectivity index is 0.000000151. The van der Waals surface area contributed by atoms with Crippen molar-refractivity contribution in [1.82, 2.24) is 19.9 Å². The number of nitrogens with one attached hydrogen (secondary N) is 1. The van der Waals surface area contributed by atoms with Gasteiger partial charge in [0.15, 0.2) is 0 Å². The number of nitrogens with two attached hydrogens (primary N) is 1. The summed E-state index contributed by atoms with van der Waals surface area (Å²) in [4.78, 5) is 23.9. The minimum atomic E-state index is -0.0995. The molecule has 0 amide bonds. The van der Waals surface area contributed by atoms with Gasteiger partial charge in [0.1, 0.15) is 0 Å². The number of hydrogen-bond acceptors (Lipinski definition) is 5. The van der Waals surface area contributed by atoms with Crippen LogP contribution in [-0.4, -0.2) is 19.9 Å². The number of nitrogens with zero attached hydrogens (tertiary/aromatic N) is 3. The highest BCUT2D eigenvalue weighted by molar-refractivity contribution is 5.11. The van der Waals surface area contributed by atoms with Crippen LogP contribution in [0.25, 0.3) is 0 Å². The molecule has 2 aromatic heterocycles. The summed E-state index contributed by atoms with van der Waals surface area (Å²) in [6, 6.07) is 3.16. The summed E-state index contributed by atoms with van der Waals surface area (Å²) >= 11 is 0. The summed E-state index contributed by atoms with van der Waals surface area (Å²) in [6.45, 7) is 1.77. The molecule has 0 aliphatic rings. The van der Waals surface area contributed by atoms with Crippen molar-refractivity contribution in [2.24, 2.45) is 0 Å². The van der Waals surface area contributed by atoms with Gasteiger partial charge < -0.3 is 10.7 Å². The number of aromatic nitrogens is 4. The van der Waals surface area contributed by atoms with E-state index in [0.717, 1.165) is 5.69 Å². The molecular weight excluding hydrogens is 194 g/mol. The molecule has 0 aliphatic carbocycles. The lowest BCUT2D eigenvalue weighted by molar-refractivity contribution is 1.06. The van der Waals surface area contributed by atoms with Gasteiger partial charge in [0.25, 0.3) is 5.56 Å². The Bertz CT molecular complexity index is 453. The van der Waals surface area contributed by atoms with Crippen LogP contribution in [0, 0.1) is 6.92 Å². The van der Waals surface area contributed by atoms with E-state index in [1.54, 1.807) is 25.4 Å². The van der Waals surface area contributed by atoms with Gasteiger partial charge in [-0.1, -0.05) is 0 Å². The highest BCUT2D eigenvalue weighted by Crippen LogP contribution is 1.81. The van der Waals surface area contributed by atoms with Gasteiger partial charge in [-0.25, -0.2) is 15.0 Å². The number of nitrogen functional groups attached to an aromatic ring is 1. The maximum absolute atomic E-state index is 10.4. The maximum atomic E-state index is 10.4. The first kappa shape index (κ1) is 10.8. The Hall–Kier alpha value is -2.24. The lowest BCUT2D eigenvalue weighted by Gasteiger charge is -1.83. The van der Waals surface area contributed by atoms with Crippen molar-refractivity contribution in [2.75, 3.05) is 5.73 Å². The summed E-state index contributed by atoms with van der Waals surface area (Å²) in [5, 5.41) is 0. The van der Waals surface area contributed by atoms with Gasteiger partial charge in [0.05, 0.1) is 6.33 Å². The first-order valence-electron chi connectivity index (χ1n) is 4.22. The van der Waals surface area contributed by atoms with Crippen LogP contribution < -0.4 is 11.3 Å². The summed E-state index contributed by atoms with van der Waals surface area (Å²) < 4.78 is 0. The van der Waals surface area contributed by atoms with Crippen LogP contribution in [0.4, 0.5) is 5.95 Å². The Morgan fingerprint density at radius 3 is 2.27 bits per heavy atom. The van der Waals surface area contributed by atoms with E-state index >= 15 is 0 Å². The molecule has 0 atom stereocenters. The van der Waals surface area contributed by atoms with Crippen molar-refractivity contribution in [3.8, 4) is 0 Å². The second-order valence-corrected chi connectivity index (χ2v) is 2.66. The molecule has 15 heavy (non-hydrogen) atoms. The van der Waals surface area contributed by atoms with Crippen LogP contribution in [0.15, 0.2) is 35.6 Å². The van der Waals surface area contributed by atoms with Crippen LogP contribution in [0.5, 0.6) is 0 Å². The highest BCUT2D eigenvalue weighted by Gasteiger charge is 1.81. The molecule has 2 aromatic rings. The van der Waals surface area contributed by atoms with E-state index in [9.17, 15) is 4.79 Å². The largest absolute Gasteiger partial charge is 0.368 e. The van der Waals surface area contributed by atoms with Crippen molar-refractivity contribution < 1.29 is 0 Å². The zero-order valence-corrected chi connectivity index (χ0v) is 8.21. The molecule has 0 aromatic carbocycles. The van der Waals surface area contributed by atoms with Crippen LogP contribution in [0.3, 0.4) is 0 Å². The summed E-state index contributed by atoms with van der Waals surface area (Å²) in [5.74, 6) is 0.322. The molecule has 2 heterocycles. The predicted octanol–water partition coefficient (Wildman–Crippen LogP) is 0.137. The SMILES string of the molecule is Cc1cc(=O)[nH]cn1.Nc1ncccn1. The molecule has 0 aliphatic heterocycles. The smallest absolute Gasteiger partial charge is 0.250 e. The monoisotopic (exact) mass is 205 g/mol. The van der Waals surface area contributed by atoms with Crippen molar-refractivity contribution >= 4 is 5.95 Å². The molecule has 0 unspecified atom stereocenters. The minimum absolute atomic E-state index is 0.0995. The molecule has 3 N–H and O–H groups in total. The van der Waals surface area contributed by atoms with Gasteiger partial charge in [0, 0.05) is 24.2 Å². The molecule has 2 rings (SSSR count). The number of aryl methyl sites for hydroxylation is 1. The average molecular weight is 205 g/mol. The number of rotatable bonds is 0. The van der Waals surface area contributed by atoms with E-state index in [0.29, 0.717) is 5.95 Å². The summed E-state index contributed by atoms with van der Waals surface area (Å²) in [7, 11) is 0. The van der Waals surface area contributed by atoms with Gasteiger partial charge in [-0.15, -0.1) is 0 Å². The van der Waals surface area contributed by atoms with Gasteiger partial charge >= 0.3 is 0 Å². The minimum Gasteiger partial charge on any atom is -0.368 e. The Kier molecular flexibility index (Phi) is 3.96. The lowest BCUT2D eigenvalue weighted by Crippen LogP contribution is -2.03. The van der Waals surface area contributed by atoms with Gasteiger partial charge in [-0.3, -0.25) is 4.79 Å². The molecule has 6 heteroatoms. The lowest BCUT2D eigenvalue weighted by atomic mass is 10.5. The molecule has 78 valence electrons. The first-order valence-corrected chi connectivity index (χ1v) is 4.22. The molecule has 0 radical (unpaired) electrons. The van der Waals surface area contributed by atoms with E-state index in [-0.39, 0.29) is 5.56 Å². The van der Waals surface area contributed by atoms with Crippen molar-refractivity contribution in [3.05, 3.63) is 46.9 Å². The van der Waals surface area contributed by atoms with E-state index in [4.69, 9.17) is 5.73 Å². The second kappa shape index (κ2) is 5.48. The number of H-pyrrole nitrogens is 1. The van der Waals surface area contributed by atoms with Gasteiger partial charge in [-0.2, -0.15) is 0 Å². The van der Waals surface area contributed by atoms with Gasteiger partial charge in [0.2, 0.25) is 5.95 Å². The molecule has 0 fully saturated rings. The normalized spacial score (nSPS) is 8.87.